The van der Waals surface area contributed by atoms with Gasteiger partial charge in [0.25, 0.3) is 0 Å². The Morgan fingerprint density at radius 1 is 1.29 bits per heavy atom. The van der Waals surface area contributed by atoms with Crippen LogP contribution in [0.3, 0.4) is 0 Å². The predicted molar refractivity (Wildman–Crippen MR) is 70.7 cm³/mol. The quantitative estimate of drug-likeness (QED) is 0.604. The SMILES string of the molecule is COc1ccc(/C(N)=C/[N+](C)=C\C=C/N)cc1. The van der Waals surface area contributed by atoms with E-state index < -0.39 is 0 Å². The highest BCUT2D eigenvalue weighted by molar-refractivity contribution is 5.67. The summed E-state index contributed by atoms with van der Waals surface area (Å²) in [6, 6.07) is 7.58. The topological polar surface area (TPSA) is 64.3 Å². The highest BCUT2D eigenvalue weighted by Crippen LogP contribution is 2.14. The lowest BCUT2D eigenvalue weighted by Crippen LogP contribution is -2.04. The third-order valence-corrected chi connectivity index (χ3v) is 2.20. The van der Waals surface area contributed by atoms with Crippen LogP contribution in [0.15, 0.2) is 42.7 Å². The number of benzene rings is 1. The zero-order valence-corrected chi connectivity index (χ0v) is 10.1. The molecule has 90 valence electrons. The van der Waals surface area contributed by atoms with Crippen LogP contribution in [0.25, 0.3) is 5.70 Å². The molecule has 1 rings (SSSR count). The van der Waals surface area contributed by atoms with Crippen LogP contribution < -0.4 is 16.2 Å². The Bertz CT molecular complexity index is 444. The summed E-state index contributed by atoms with van der Waals surface area (Å²) in [5.41, 5.74) is 12.8. The molecular weight excluding hydrogens is 214 g/mol. The molecule has 0 saturated carbocycles. The first-order valence-electron chi connectivity index (χ1n) is 5.22. The molecule has 0 aliphatic rings. The van der Waals surface area contributed by atoms with Crippen LogP contribution in [-0.2, 0) is 0 Å². The van der Waals surface area contributed by atoms with Gasteiger partial charge in [0.2, 0.25) is 0 Å². The number of rotatable bonds is 4. The van der Waals surface area contributed by atoms with Crippen LogP contribution in [0, 0.1) is 0 Å². The second-order valence-corrected chi connectivity index (χ2v) is 3.51. The van der Waals surface area contributed by atoms with Gasteiger partial charge >= 0.3 is 0 Å². The van der Waals surface area contributed by atoms with E-state index in [0.717, 1.165) is 11.3 Å². The van der Waals surface area contributed by atoms with Crippen molar-refractivity contribution in [3.8, 4) is 5.75 Å². The van der Waals surface area contributed by atoms with Gasteiger partial charge in [0, 0.05) is 11.6 Å². The molecule has 0 heterocycles. The Hall–Kier alpha value is -2.23. The van der Waals surface area contributed by atoms with Gasteiger partial charge in [0.05, 0.1) is 7.11 Å². The lowest BCUT2D eigenvalue weighted by Gasteiger charge is -2.02. The first kappa shape index (κ1) is 12.8. The summed E-state index contributed by atoms with van der Waals surface area (Å²) in [4.78, 5) is 0. The lowest BCUT2D eigenvalue weighted by atomic mass is 10.1. The third kappa shape index (κ3) is 4.03. The minimum Gasteiger partial charge on any atom is -0.497 e. The van der Waals surface area contributed by atoms with Crippen molar-refractivity contribution in [1.29, 1.82) is 0 Å². The van der Waals surface area contributed by atoms with Crippen molar-refractivity contribution in [2.75, 3.05) is 14.2 Å². The maximum absolute atomic E-state index is 5.96. The zero-order chi connectivity index (χ0) is 12.7. The highest BCUT2D eigenvalue weighted by Gasteiger charge is 2.00. The molecule has 1 aromatic rings. The molecule has 0 amide bonds. The minimum atomic E-state index is 0.678. The van der Waals surface area contributed by atoms with Crippen LogP contribution >= 0.6 is 0 Å². The van der Waals surface area contributed by atoms with Crippen LogP contribution in [-0.4, -0.2) is 24.9 Å². The van der Waals surface area contributed by atoms with E-state index in [2.05, 4.69) is 0 Å². The molecular formula is C13H18N3O+. The molecule has 0 aromatic heterocycles. The molecule has 4 N–H and O–H groups in total. The van der Waals surface area contributed by atoms with Crippen molar-refractivity contribution in [2.24, 2.45) is 11.5 Å². The van der Waals surface area contributed by atoms with E-state index in [1.54, 1.807) is 13.2 Å². The van der Waals surface area contributed by atoms with Crippen LogP contribution in [0.1, 0.15) is 5.56 Å². The number of allylic oxidation sites excluding steroid dienone is 1. The number of nitrogens with zero attached hydrogens (tertiary/aromatic N) is 1. The largest absolute Gasteiger partial charge is 0.497 e. The monoisotopic (exact) mass is 232 g/mol. The van der Waals surface area contributed by atoms with Gasteiger partial charge in [-0.15, -0.1) is 0 Å². The fourth-order valence-corrected chi connectivity index (χ4v) is 1.31. The van der Waals surface area contributed by atoms with Crippen molar-refractivity contribution >= 4 is 11.9 Å². The Kier molecular flexibility index (Phi) is 4.81. The number of ether oxygens (including phenoxy) is 1. The molecule has 0 saturated heterocycles. The van der Waals surface area contributed by atoms with Crippen molar-refractivity contribution in [3.05, 3.63) is 48.3 Å². The van der Waals surface area contributed by atoms with Crippen LogP contribution in [0.2, 0.25) is 0 Å². The maximum Gasteiger partial charge on any atom is 0.192 e. The van der Waals surface area contributed by atoms with E-state index >= 15 is 0 Å². The Labute approximate surface area is 102 Å². The first-order valence-corrected chi connectivity index (χ1v) is 5.22. The average molecular weight is 232 g/mol. The average Bonchev–Trinajstić information content (AvgIpc) is 2.36. The van der Waals surface area contributed by atoms with E-state index in [9.17, 15) is 0 Å². The Balaban J connectivity index is 2.87. The van der Waals surface area contributed by atoms with E-state index in [1.807, 2.05) is 48.3 Å². The third-order valence-electron chi connectivity index (χ3n) is 2.20. The van der Waals surface area contributed by atoms with E-state index in [0.29, 0.717) is 5.70 Å². The molecule has 0 fully saturated rings. The van der Waals surface area contributed by atoms with Crippen molar-refractivity contribution in [3.63, 3.8) is 0 Å². The molecule has 0 aliphatic heterocycles. The van der Waals surface area contributed by atoms with Gasteiger partial charge in [0.1, 0.15) is 18.5 Å². The Morgan fingerprint density at radius 2 is 1.94 bits per heavy atom. The van der Waals surface area contributed by atoms with Crippen molar-refractivity contribution < 1.29 is 9.31 Å². The van der Waals surface area contributed by atoms with E-state index in [1.165, 1.54) is 6.20 Å². The molecule has 0 atom stereocenters. The fourth-order valence-electron chi connectivity index (χ4n) is 1.31. The van der Waals surface area contributed by atoms with Gasteiger partial charge < -0.3 is 16.2 Å². The molecule has 4 nitrogen and oxygen atoms in total. The van der Waals surface area contributed by atoms with Gasteiger partial charge in [-0.05, 0) is 30.5 Å². The van der Waals surface area contributed by atoms with Crippen LogP contribution in [0.4, 0.5) is 0 Å². The van der Waals surface area contributed by atoms with Gasteiger partial charge in [-0.2, -0.15) is 0 Å². The zero-order valence-electron chi connectivity index (χ0n) is 10.1. The summed E-state index contributed by atoms with van der Waals surface area (Å²) in [6.07, 6.45) is 6.84. The van der Waals surface area contributed by atoms with Gasteiger partial charge in [-0.25, -0.2) is 4.58 Å². The van der Waals surface area contributed by atoms with E-state index in [-0.39, 0.29) is 0 Å². The maximum atomic E-state index is 5.96. The number of nitrogens with two attached hydrogens (primary N) is 2. The number of hydrogen-bond donors (Lipinski definition) is 2. The lowest BCUT2D eigenvalue weighted by molar-refractivity contribution is -0.415. The molecule has 1 aromatic carbocycles. The molecule has 0 bridgehead atoms. The van der Waals surface area contributed by atoms with Crippen molar-refractivity contribution in [2.45, 2.75) is 0 Å². The molecule has 17 heavy (non-hydrogen) atoms. The summed E-state index contributed by atoms with van der Waals surface area (Å²) in [7, 11) is 3.52. The predicted octanol–water partition coefficient (Wildman–Crippen LogP) is 1.14. The fraction of sp³-hybridized carbons (Fsp3) is 0.154. The smallest absolute Gasteiger partial charge is 0.192 e. The first-order chi connectivity index (χ1) is 8.17. The standard InChI is InChI=1S/C13H17N3O/c1-16(9-3-8-14)10-13(15)11-4-6-12(17-2)7-5-11/h3-10,14H,15H2,1-2H3/p+1/b13-10-. The van der Waals surface area contributed by atoms with Gasteiger partial charge in [-0.1, -0.05) is 0 Å². The summed E-state index contributed by atoms with van der Waals surface area (Å²) in [5, 5.41) is 0. The summed E-state index contributed by atoms with van der Waals surface area (Å²) in [5.74, 6) is 0.813. The summed E-state index contributed by atoms with van der Waals surface area (Å²) in [6.45, 7) is 0. The van der Waals surface area contributed by atoms with Crippen molar-refractivity contribution in [1.82, 2.24) is 0 Å². The van der Waals surface area contributed by atoms with Crippen LogP contribution in [0.5, 0.6) is 5.75 Å². The van der Waals surface area contributed by atoms with Gasteiger partial charge in [0.15, 0.2) is 12.4 Å². The molecule has 0 unspecified atom stereocenters. The Morgan fingerprint density at radius 3 is 2.47 bits per heavy atom. The van der Waals surface area contributed by atoms with Gasteiger partial charge in [-0.3, -0.25) is 0 Å². The molecule has 4 heteroatoms. The minimum absolute atomic E-state index is 0.678. The highest BCUT2D eigenvalue weighted by atomic mass is 16.5. The number of methoxy groups -OCH3 is 1. The normalized spacial score (nSPS) is 13.1. The van der Waals surface area contributed by atoms with E-state index in [4.69, 9.17) is 16.2 Å². The summed E-state index contributed by atoms with van der Waals surface area (Å²) >= 11 is 0. The summed E-state index contributed by atoms with van der Waals surface area (Å²) < 4.78 is 6.92. The second-order valence-electron chi connectivity index (χ2n) is 3.51. The second kappa shape index (κ2) is 6.37. The molecule has 0 aliphatic carbocycles. The molecule has 0 radical (unpaired) electrons. The number of hydrogen-bond acceptors (Lipinski definition) is 3. The molecule has 0 spiro atoms.